The maximum Gasteiger partial charge on any atom is 0.320 e. The van der Waals surface area contributed by atoms with E-state index in [1.165, 1.54) is 5.56 Å². The molecule has 0 radical (unpaired) electrons. The van der Waals surface area contributed by atoms with Crippen molar-refractivity contribution in [2.45, 2.75) is 81.0 Å². The molecule has 1 saturated heterocycles. The Hall–Kier alpha value is -1.68. The van der Waals surface area contributed by atoms with Crippen molar-refractivity contribution < 1.29 is 18.3 Å². The smallest absolute Gasteiger partial charge is 0.320 e. The molecule has 2 N–H and O–H groups in total. The van der Waals surface area contributed by atoms with E-state index in [1.54, 1.807) is 4.90 Å². The van der Waals surface area contributed by atoms with Gasteiger partial charge in [-0.3, -0.25) is 4.90 Å². The monoisotopic (exact) mass is 506 g/mol. The normalized spacial score (nSPS) is 29.2. The Balaban J connectivity index is 1.61. The van der Waals surface area contributed by atoms with Gasteiger partial charge in [0.1, 0.15) is 0 Å². The zero-order chi connectivity index (χ0) is 25.7. The van der Waals surface area contributed by atoms with E-state index in [4.69, 9.17) is 0 Å². The fourth-order valence-corrected chi connectivity index (χ4v) is 7.66. The Morgan fingerprint density at radius 2 is 1.66 bits per heavy atom. The summed E-state index contributed by atoms with van der Waals surface area (Å²) in [6.45, 7) is 4.80. The van der Waals surface area contributed by atoms with E-state index in [0.717, 1.165) is 51.2 Å². The molecule has 0 unspecified atom stereocenters. The summed E-state index contributed by atoms with van der Waals surface area (Å²) < 4.78 is 26.5. The van der Waals surface area contributed by atoms with E-state index < -0.39 is 21.2 Å². The van der Waals surface area contributed by atoms with Gasteiger partial charge < -0.3 is 14.9 Å². The van der Waals surface area contributed by atoms with E-state index in [2.05, 4.69) is 48.0 Å². The Bertz CT molecular complexity index is 1030. The molecular weight excluding hydrogens is 464 g/mol. The first-order valence-electron chi connectivity index (χ1n) is 12.7. The molecule has 1 aromatic rings. The zero-order valence-electron chi connectivity index (χ0n) is 21.9. The number of rotatable bonds is 8. The Morgan fingerprint density at radius 3 is 2.14 bits per heavy atom. The fourth-order valence-electron chi connectivity index (χ4n) is 6.59. The van der Waals surface area contributed by atoms with Gasteiger partial charge in [0.15, 0.2) is 0 Å². The second kappa shape index (κ2) is 9.01. The van der Waals surface area contributed by atoms with Crippen LogP contribution in [-0.2, 0) is 15.6 Å². The van der Waals surface area contributed by atoms with Crippen LogP contribution >= 0.6 is 0 Å². The number of aliphatic hydroxyl groups is 1. The minimum Gasteiger partial charge on any atom is -0.388 e. The van der Waals surface area contributed by atoms with E-state index in [1.807, 2.05) is 24.8 Å². The maximum atomic E-state index is 13.8. The summed E-state index contributed by atoms with van der Waals surface area (Å²) in [6, 6.07) is 10.5. The maximum absolute atomic E-state index is 13.8. The second-order valence-corrected chi connectivity index (χ2v) is 13.8. The molecule has 3 aliphatic rings. The van der Waals surface area contributed by atoms with Crippen molar-refractivity contribution in [3.8, 4) is 0 Å². The van der Waals surface area contributed by atoms with Crippen LogP contribution in [0.1, 0.15) is 64.4 Å². The summed E-state index contributed by atoms with van der Waals surface area (Å²) in [5, 5.41) is 11.0. The highest BCUT2D eigenvalue weighted by Gasteiger charge is 2.56. The van der Waals surface area contributed by atoms with Gasteiger partial charge in [0.25, 0.3) is 0 Å². The molecule has 1 heterocycles. The van der Waals surface area contributed by atoms with Crippen LogP contribution in [0.2, 0.25) is 0 Å². The third kappa shape index (κ3) is 5.24. The predicted molar refractivity (Wildman–Crippen MR) is 138 cm³/mol. The van der Waals surface area contributed by atoms with Crippen LogP contribution in [-0.4, -0.2) is 90.9 Å². The van der Waals surface area contributed by atoms with Crippen LogP contribution in [0, 0.1) is 0 Å². The lowest BCUT2D eigenvalue weighted by Gasteiger charge is -2.52. The van der Waals surface area contributed by atoms with Crippen molar-refractivity contribution in [2.24, 2.45) is 0 Å². The molecular formula is C26H42N4O4S. The first-order valence-corrected chi connectivity index (χ1v) is 14.6. The number of nitrogens with one attached hydrogen (secondary N) is 1. The van der Waals surface area contributed by atoms with Gasteiger partial charge in [-0.2, -0.15) is 0 Å². The molecule has 1 aliphatic heterocycles. The highest BCUT2D eigenvalue weighted by Crippen LogP contribution is 2.50. The SMILES string of the molecule is CN(C)[C@]1(c2ccccc2)CC[C@]2(CC1)CN(CC(C)(C)NS(C)(=O)=O)C(=O)N2CC1(O)CCC1. The number of carbonyl (C=O) groups is 1. The first-order chi connectivity index (χ1) is 16.2. The molecule has 1 spiro atoms. The van der Waals surface area contributed by atoms with Crippen molar-refractivity contribution in [2.75, 3.05) is 40.0 Å². The van der Waals surface area contributed by atoms with Gasteiger partial charge in [-0.05, 0) is 78.5 Å². The van der Waals surface area contributed by atoms with Crippen LogP contribution in [0.3, 0.4) is 0 Å². The molecule has 9 heteroatoms. The molecule has 4 rings (SSSR count). The topological polar surface area (TPSA) is 93.2 Å². The molecule has 0 aromatic heterocycles. The molecule has 35 heavy (non-hydrogen) atoms. The van der Waals surface area contributed by atoms with Crippen LogP contribution in [0.4, 0.5) is 4.79 Å². The highest BCUT2D eigenvalue weighted by molar-refractivity contribution is 7.88. The van der Waals surface area contributed by atoms with Gasteiger partial charge in [0.2, 0.25) is 10.0 Å². The highest BCUT2D eigenvalue weighted by atomic mass is 32.2. The van der Waals surface area contributed by atoms with Gasteiger partial charge in [0.05, 0.1) is 23.9 Å². The molecule has 2 saturated carbocycles. The lowest BCUT2D eigenvalue weighted by Crippen LogP contribution is -2.59. The number of carbonyl (C=O) groups excluding carboxylic acids is 1. The number of urea groups is 1. The lowest BCUT2D eigenvalue weighted by molar-refractivity contribution is -0.0725. The van der Waals surface area contributed by atoms with Gasteiger partial charge in [-0.25, -0.2) is 17.9 Å². The second-order valence-electron chi connectivity index (χ2n) is 12.1. The number of hydrogen-bond donors (Lipinski definition) is 2. The predicted octanol–water partition coefficient (Wildman–Crippen LogP) is 2.74. The van der Waals surface area contributed by atoms with E-state index >= 15 is 0 Å². The van der Waals surface area contributed by atoms with Crippen molar-refractivity contribution in [1.29, 1.82) is 0 Å². The lowest BCUT2D eigenvalue weighted by atomic mass is 9.67. The van der Waals surface area contributed by atoms with Crippen molar-refractivity contribution in [3.63, 3.8) is 0 Å². The quantitative estimate of drug-likeness (QED) is 0.566. The Morgan fingerprint density at radius 1 is 1.06 bits per heavy atom. The largest absolute Gasteiger partial charge is 0.388 e. The third-order valence-corrected chi connectivity index (χ3v) is 9.44. The van der Waals surface area contributed by atoms with Gasteiger partial charge >= 0.3 is 6.03 Å². The average Bonchev–Trinajstić information content (AvgIpc) is 2.96. The number of hydrogen-bond acceptors (Lipinski definition) is 5. The van der Waals surface area contributed by atoms with Crippen LogP contribution < -0.4 is 4.72 Å². The fraction of sp³-hybridized carbons (Fsp3) is 0.731. The number of β-amino-alcohol motifs (C(OH)–C–C–N with tert-alkyl or cyclic N) is 1. The van der Waals surface area contributed by atoms with Crippen molar-refractivity contribution in [3.05, 3.63) is 35.9 Å². The summed E-state index contributed by atoms with van der Waals surface area (Å²) in [4.78, 5) is 19.8. The summed E-state index contributed by atoms with van der Waals surface area (Å²) in [5.41, 5.74) is -0.769. The summed E-state index contributed by atoms with van der Waals surface area (Å²) in [6.07, 6.45) is 7.05. The molecule has 2 aliphatic carbocycles. The van der Waals surface area contributed by atoms with E-state index in [-0.39, 0.29) is 23.7 Å². The number of nitrogens with zero attached hydrogens (tertiary/aromatic N) is 3. The summed E-state index contributed by atoms with van der Waals surface area (Å²) in [7, 11) is 0.846. The summed E-state index contributed by atoms with van der Waals surface area (Å²) >= 11 is 0. The molecule has 2 amide bonds. The Kier molecular flexibility index (Phi) is 6.79. The molecule has 0 bridgehead atoms. The number of sulfonamides is 1. The van der Waals surface area contributed by atoms with Crippen molar-refractivity contribution in [1.82, 2.24) is 19.4 Å². The van der Waals surface area contributed by atoms with Gasteiger partial charge in [-0.15, -0.1) is 0 Å². The molecule has 0 atom stereocenters. The standard InChI is InChI=1S/C26H42N4O4S/c1-23(2,27-35(5,33)34)18-29-19-24(30(22(29)31)20-25(32)12-9-13-25)14-16-26(17-15-24,28(3)4)21-10-7-6-8-11-21/h6-8,10-11,27,32H,9,12-20H2,1-5H3/t24-,26+. The van der Waals surface area contributed by atoms with Crippen molar-refractivity contribution >= 4 is 16.1 Å². The average molecular weight is 507 g/mol. The number of benzene rings is 1. The third-order valence-electron chi connectivity index (χ3n) is 8.52. The van der Waals surface area contributed by atoms with Crippen LogP contribution in [0.15, 0.2) is 30.3 Å². The minimum absolute atomic E-state index is 0.0919. The molecule has 196 valence electrons. The molecule has 3 fully saturated rings. The van der Waals surface area contributed by atoms with Gasteiger partial charge in [-0.1, -0.05) is 30.3 Å². The minimum atomic E-state index is -3.41. The first kappa shape index (κ1) is 26.4. The Labute approximate surface area is 210 Å². The molecule has 1 aromatic carbocycles. The number of amides is 2. The van der Waals surface area contributed by atoms with E-state index in [9.17, 15) is 18.3 Å². The zero-order valence-corrected chi connectivity index (χ0v) is 22.7. The van der Waals surface area contributed by atoms with Gasteiger partial charge in [0, 0.05) is 24.2 Å². The van der Waals surface area contributed by atoms with Crippen LogP contribution in [0.5, 0.6) is 0 Å². The molecule has 8 nitrogen and oxygen atoms in total. The van der Waals surface area contributed by atoms with E-state index in [0.29, 0.717) is 13.1 Å². The van der Waals surface area contributed by atoms with Crippen LogP contribution in [0.25, 0.3) is 0 Å². The summed E-state index contributed by atoms with van der Waals surface area (Å²) in [5.74, 6) is 0.